The third-order valence-corrected chi connectivity index (χ3v) is 3.31. The van der Waals surface area contributed by atoms with Crippen molar-refractivity contribution >= 4 is 10.9 Å². The average Bonchev–Trinajstić information content (AvgIpc) is 2.38. The molecule has 1 aliphatic carbocycles. The summed E-state index contributed by atoms with van der Waals surface area (Å²) in [5.41, 5.74) is 4.57. The summed E-state index contributed by atoms with van der Waals surface area (Å²) in [5, 5.41) is 9.94. The molecule has 0 atom stereocenters. The van der Waals surface area contributed by atoms with Crippen molar-refractivity contribution in [2.24, 2.45) is 0 Å². The van der Waals surface area contributed by atoms with Gasteiger partial charge in [-0.05, 0) is 42.9 Å². The highest BCUT2D eigenvalue weighted by molar-refractivity contribution is 5.84. The van der Waals surface area contributed by atoms with E-state index in [0.29, 0.717) is 5.56 Å². The first kappa shape index (κ1) is 9.35. The number of hydrogen-bond acceptors (Lipinski definition) is 2. The Morgan fingerprint density at radius 2 is 2.06 bits per heavy atom. The van der Waals surface area contributed by atoms with E-state index < -0.39 is 0 Å². The molecule has 0 N–H and O–H groups in total. The van der Waals surface area contributed by atoms with E-state index in [1.165, 1.54) is 30.4 Å². The highest BCUT2D eigenvalue weighted by atomic mass is 14.7. The van der Waals surface area contributed by atoms with Gasteiger partial charge in [-0.3, -0.25) is 4.98 Å². The molecule has 1 aliphatic rings. The third-order valence-electron chi connectivity index (χ3n) is 3.31. The van der Waals surface area contributed by atoms with Crippen LogP contribution in [0, 0.1) is 11.3 Å². The Morgan fingerprint density at radius 3 is 2.94 bits per heavy atom. The molecule has 1 aromatic heterocycles. The summed E-state index contributed by atoms with van der Waals surface area (Å²) >= 11 is 0. The van der Waals surface area contributed by atoms with Gasteiger partial charge in [-0.25, -0.2) is 0 Å². The van der Waals surface area contributed by atoms with Gasteiger partial charge in [-0.15, -0.1) is 0 Å². The van der Waals surface area contributed by atoms with Gasteiger partial charge in [0.15, 0.2) is 0 Å². The van der Waals surface area contributed by atoms with Gasteiger partial charge in [-0.1, -0.05) is 12.1 Å². The molecule has 0 aliphatic heterocycles. The average molecular weight is 208 g/mol. The maximum Gasteiger partial charge on any atom is 0.101 e. The molecule has 1 heterocycles. The van der Waals surface area contributed by atoms with Crippen LogP contribution in [0.2, 0.25) is 0 Å². The molecular formula is C14H12N2. The maximum absolute atomic E-state index is 8.85. The summed E-state index contributed by atoms with van der Waals surface area (Å²) < 4.78 is 0. The van der Waals surface area contributed by atoms with E-state index in [2.05, 4.69) is 23.2 Å². The summed E-state index contributed by atoms with van der Waals surface area (Å²) in [7, 11) is 0. The second-order valence-electron chi connectivity index (χ2n) is 4.32. The highest BCUT2D eigenvalue weighted by Crippen LogP contribution is 2.27. The predicted octanol–water partition coefficient (Wildman–Crippen LogP) is 2.99. The first-order valence-electron chi connectivity index (χ1n) is 5.69. The Morgan fingerprint density at radius 1 is 1.19 bits per heavy atom. The van der Waals surface area contributed by atoms with E-state index in [9.17, 15) is 0 Å². The molecule has 2 nitrogen and oxygen atoms in total. The highest BCUT2D eigenvalue weighted by Gasteiger charge is 2.13. The molecule has 0 spiro atoms. The van der Waals surface area contributed by atoms with Crippen LogP contribution in [0.25, 0.3) is 10.9 Å². The zero-order valence-electron chi connectivity index (χ0n) is 9.03. The normalized spacial score (nSPS) is 14.4. The number of fused-ring (bicyclic) bond motifs is 3. The molecule has 0 bridgehead atoms. The smallest absolute Gasteiger partial charge is 0.101 e. The lowest BCUT2D eigenvalue weighted by atomic mass is 9.89. The minimum absolute atomic E-state index is 0.642. The van der Waals surface area contributed by atoms with Crippen molar-refractivity contribution in [3.05, 3.63) is 41.1 Å². The van der Waals surface area contributed by atoms with Crippen molar-refractivity contribution in [3.63, 3.8) is 0 Å². The van der Waals surface area contributed by atoms with E-state index in [1.807, 2.05) is 6.07 Å². The molecule has 0 saturated carbocycles. The van der Waals surface area contributed by atoms with Crippen molar-refractivity contribution in [3.8, 4) is 6.07 Å². The molecule has 2 heteroatoms. The Hall–Kier alpha value is -1.88. The topological polar surface area (TPSA) is 36.7 Å². The zero-order chi connectivity index (χ0) is 11.0. The van der Waals surface area contributed by atoms with Crippen molar-refractivity contribution in [1.82, 2.24) is 4.98 Å². The number of benzene rings is 1. The van der Waals surface area contributed by atoms with Crippen molar-refractivity contribution in [1.29, 1.82) is 5.26 Å². The SMILES string of the molecule is N#Cc1cnc2c3c(ccc2c1)CCCC3. The van der Waals surface area contributed by atoms with Crippen LogP contribution in [0.3, 0.4) is 0 Å². The van der Waals surface area contributed by atoms with Gasteiger partial charge >= 0.3 is 0 Å². The Kier molecular flexibility index (Phi) is 2.11. The van der Waals surface area contributed by atoms with Crippen LogP contribution >= 0.6 is 0 Å². The van der Waals surface area contributed by atoms with E-state index >= 15 is 0 Å². The van der Waals surface area contributed by atoms with Crippen LogP contribution in [0.5, 0.6) is 0 Å². The minimum atomic E-state index is 0.642. The van der Waals surface area contributed by atoms with Gasteiger partial charge in [0.05, 0.1) is 11.1 Å². The number of nitriles is 1. The van der Waals surface area contributed by atoms with E-state index in [0.717, 1.165) is 17.3 Å². The van der Waals surface area contributed by atoms with Crippen LogP contribution in [-0.4, -0.2) is 4.98 Å². The summed E-state index contributed by atoms with van der Waals surface area (Å²) in [6.07, 6.45) is 6.53. The molecule has 78 valence electrons. The standard InChI is InChI=1S/C14H12N2/c15-8-10-7-12-6-5-11-3-1-2-4-13(11)14(12)16-9-10/h5-7,9H,1-4H2. The number of aryl methyl sites for hydroxylation is 2. The first-order valence-corrected chi connectivity index (χ1v) is 5.69. The van der Waals surface area contributed by atoms with Gasteiger partial charge in [0, 0.05) is 11.6 Å². The molecule has 2 aromatic rings. The van der Waals surface area contributed by atoms with Gasteiger partial charge < -0.3 is 0 Å². The molecule has 16 heavy (non-hydrogen) atoms. The monoisotopic (exact) mass is 208 g/mol. The lowest BCUT2D eigenvalue weighted by Crippen LogP contribution is -2.04. The van der Waals surface area contributed by atoms with Crippen molar-refractivity contribution < 1.29 is 0 Å². The maximum atomic E-state index is 8.85. The lowest BCUT2D eigenvalue weighted by molar-refractivity contribution is 0.689. The summed E-state index contributed by atoms with van der Waals surface area (Å²) in [6, 6.07) is 8.35. The molecule has 1 aromatic carbocycles. The molecule has 0 radical (unpaired) electrons. The van der Waals surface area contributed by atoms with Gasteiger partial charge in [0.1, 0.15) is 6.07 Å². The molecule has 0 saturated heterocycles. The largest absolute Gasteiger partial charge is 0.255 e. The third kappa shape index (κ3) is 1.37. The number of nitrogens with zero attached hydrogens (tertiary/aromatic N) is 2. The Bertz CT molecular complexity index is 593. The second kappa shape index (κ2) is 3.61. The molecule has 0 unspecified atom stereocenters. The lowest BCUT2D eigenvalue weighted by Gasteiger charge is -2.16. The van der Waals surface area contributed by atoms with Crippen LogP contribution in [0.15, 0.2) is 24.4 Å². The summed E-state index contributed by atoms with van der Waals surface area (Å²) in [5.74, 6) is 0. The fourth-order valence-electron chi connectivity index (χ4n) is 2.50. The van der Waals surface area contributed by atoms with Crippen LogP contribution in [0.1, 0.15) is 29.5 Å². The number of hydrogen-bond donors (Lipinski definition) is 0. The molecule has 3 rings (SSSR count). The molecular weight excluding hydrogens is 196 g/mol. The quantitative estimate of drug-likeness (QED) is 0.667. The fourth-order valence-corrected chi connectivity index (χ4v) is 2.50. The fraction of sp³-hybridized carbons (Fsp3) is 0.286. The summed E-state index contributed by atoms with van der Waals surface area (Å²) in [4.78, 5) is 4.44. The molecule has 0 fully saturated rings. The van der Waals surface area contributed by atoms with Crippen LogP contribution in [0.4, 0.5) is 0 Å². The predicted molar refractivity (Wildman–Crippen MR) is 63.1 cm³/mol. The second-order valence-corrected chi connectivity index (χ2v) is 4.32. The number of rotatable bonds is 0. The Balaban J connectivity index is 2.29. The van der Waals surface area contributed by atoms with Gasteiger partial charge in [-0.2, -0.15) is 5.26 Å². The van der Waals surface area contributed by atoms with Crippen LogP contribution < -0.4 is 0 Å². The van der Waals surface area contributed by atoms with E-state index in [1.54, 1.807) is 6.20 Å². The van der Waals surface area contributed by atoms with Gasteiger partial charge in [0.25, 0.3) is 0 Å². The minimum Gasteiger partial charge on any atom is -0.255 e. The van der Waals surface area contributed by atoms with E-state index in [-0.39, 0.29) is 0 Å². The van der Waals surface area contributed by atoms with Crippen molar-refractivity contribution in [2.75, 3.05) is 0 Å². The van der Waals surface area contributed by atoms with E-state index in [4.69, 9.17) is 5.26 Å². The number of pyridine rings is 1. The Labute approximate surface area is 94.5 Å². The summed E-state index contributed by atoms with van der Waals surface area (Å²) in [6.45, 7) is 0. The van der Waals surface area contributed by atoms with Crippen LogP contribution in [-0.2, 0) is 12.8 Å². The molecule has 0 amide bonds. The first-order chi connectivity index (χ1) is 7.88. The van der Waals surface area contributed by atoms with Crippen molar-refractivity contribution in [2.45, 2.75) is 25.7 Å². The zero-order valence-corrected chi connectivity index (χ0v) is 9.03. The van der Waals surface area contributed by atoms with Gasteiger partial charge in [0.2, 0.25) is 0 Å². The number of aromatic nitrogens is 1.